The first-order chi connectivity index (χ1) is 8.15. The van der Waals surface area contributed by atoms with Crippen LogP contribution in [-0.2, 0) is 0 Å². The molecule has 0 unspecified atom stereocenters. The average molecular weight is 250 g/mol. The van der Waals surface area contributed by atoms with Crippen molar-refractivity contribution in [3.8, 4) is 0 Å². The standard InChI is InChI=1S/C14H16ClNO/c1-16-5-4-9-6-14(17)11-3-2-10(15)7-12(11)13(9)8-16/h2-3,7,9,13H,4-6,8H2,1H3/t9-,13-/m0/s1. The number of rotatable bonds is 0. The van der Waals surface area contributed by atoms with Crippen LogP contribution in [0, 0.1) is 5.92 Å². The highest BCUT2D eigenvalue weighted by Gasteiger charge is 2.36. The molecular weight excluding hydrogens is 234 g/mol. The van der Waals surface area contributed by atoms with Crippen molar-refractivity contribution < 1.29 is 4.79 Å². The molecule has 1 aliphatic heterocycles. The zero-order valence-electron chi connectivity index (χ0n) is 9.95. The van der Waals surface area contributed by atoms with Crippen molar-refractivity contribution >= 4 is 17.4 Å². The van der Waals surface area contributed by atoms with E-state index in [0.29, 0.717) is 24.0 Å². The van der Waals surface area contributed by atoms with Gasteiger partial charge in [-0.15, -0.1) is 0 Å². The van der Waals surface area contributed by atoms with Crippen LogP contribution in [0.5, 0.6) is 0 Å². The molecule has 2 aliphatic rings. The van der Waals surface area contributed by atoms with Crippen LogP contribution in [0.3, 0.4) is 0 Å². The lowest BCUT2D eigenvalue weighted by atomic mass is 9.71. The molecule has 1 aliphatic carbocycles. The quantitative estimate of drug-likeness (QED) is 0.705. The predicted molar refractivity (Wildman–Crippen MR) is 68.7 cm³/mol. The van der Waals surface area contributed by atoms with E-state index in [-0.39, 0.29) is 0 Å². The van der Waals surface area contributed by atoms with E-state index >= 15 is 0 Å². The summed E-state index contributed by atoms with van der Waals surface area (Å²) in [6.45, 7) is 2.15. The summed E-state index contributed by atoms with van der Waals surface area (Å²) in [5.41, 5.74) is 2.07. The third-order valence-electron chi connectivity index (χ3n) is 4.12. The molecule has 0 radical (unpaired) electrons. The molecule has 90 valence electrons. The van der Waals surface area contributed by atoms with E-state index in [9.17, 15) is 4.79 Å². The van der Waals surface area contributed by atoms with Crippen molar-refractivity contribution in [3.63, 3.8) is 0 Å². The second-order valence-electron chi connectivity index (χ2n) is 5.28. The first-order valence-corrected chi connectivity index (χ1v) is 6.54. The van der Waals surface area contributed by atoms with Crippen molar-refractivity contribution in [2.45, 2.75) is 18.8 Å². The second kappa shape index (κ2) is 4.11. The largest absolute Gasteiger partial charge is 0.306 e. The van der Waals surface area contributed by atoms with Crippen LogP contribution in [0.15, 0.2) is 18.2 Å². The zero-order chi connectivity index (χ0) is 12.0. The summed E-state index contributed by atoms with van der Waals surface area (Å²) >= 11 is 6.07. The van der Waals surface area contributed by atoms with Crippen molar-refractivity contribution in [1.82, 2.24) is 4.90 Å². The number of Topliss-reactive ketones (excluding diaryl/α,β-unsaturated/α-hetero) is 1. The first-order valence-electron chi connectivity index (χ1n) is 6.16. The van der Waals surface area contributed by atoms with E-state index in [1.165, 1.54) is 5.56 Å². The Morgan fingerprint density at radius 2 is 2.24 bits per heavy atom. The molecule has 1 fully saturated rings. The van der Waals surface area contributed by atoms with Gasteiger partial charge in [0.05, 0.1) is 0 Å². The van der Waals surface area contributed by atoms with Gasteiger partial charge in [-0.1, -0.05) is 11.6 Å². The number of ketones is 1. The summed E-state index contributed by atoms with van der Waals surface area (Å²) in [6.07, 6.45) is 1.84. The van der Waals surface area contributed by atoms with Crippen LogP contribution < -0.4 is 0 Å². The van der Waals surface area contributed by atoms with Gasteiger partial charge in [0.2, 0.25) is 0 Å². The Morgan fingerprint density at radius 1 is 1.41 bits per heavy atom. The van der Waals surface area contributed by atoms with Crippen LogP contribution in [-0.4, -0.2) is 30.8 Å². The SMILES string of the molecule is CN1CC[C@H]2CC(=O)c3ccc(Cl)cc3[C@H]2C1. The number of likely N-dealkylation sites (tertiary alicyclic amines) is 1. The summed E-state index contributed by atoms with van der Waals surface area (Å²) in [7, 11) is 2.15. The molecular formula is C14H16ClNO. The maximum Gasteiger partial charge on any atom is 0.163 e. The number of hydrogen-bond donors (Lipinski definition) is 0. The minimum atomic E-state index is 0.294. The number of hydrogen-bond acceptors (Lipinski definition) is 2. The second-order valence-corrected chi connectivity index (χ2v) is 5.71. The van der Waals surface area contributed by atoms with Crippen molar-refractivity contribution in [1.29, 1.82) is 0 Å². The summed E-state index contributed by atoms with van der Waals surface area (Å²) in [6, 6.07) is 5.71. The highest BCUT2D eigenvalue weighted by molar-refractivity contribution is 6.30. The minimum absolute atomic E-state index is 0.294. The molecule has 0 bridgehead atoms. The first kappa shape index (κ1) is 11.2. The molecule has 0 spiro atoms. The van der Waals surface area contributed by atoms with Gasteiger partial charge in [0.1, 0.15) is 0 Å². The van der Waals surface area contributed by atoms with E-state index in [1.54, 1.807) is 0 Å². The molecule has 0 N–H and O–H groups in total. The summed E-state index contributed by atoms with van der Waals surface area (Å²) in [5, 5.41) is 0.741. The molecule has 0 aromatic heterocycles. The van der Waals surface area contributed by atoms with Gasteiger partial charge in [0, 0.05) is 29.5 Å². The Balaban J connectivity index is 2.06. The maximum atomic E-state index is 12.1. The zero-order valence-corrected chi connectivity index (χ0v) is 10.7. The van der Waals surface area contributed by atoms with Gasteiger partial charge in [0.15, 0.2) is 5.78 Å². The average Bonchev–Trinajstić information content (AvgIpc) is 2.30. The number of benzene rings is 1. The van der Waals surface area contributed by atoms with Gasteiger partial charge in [0.25, 0.3) is 0 Å². The number of carbonyl (C=O) groups is 1. The third-order valence-corrected chi connectivity index (χ3v) is 4.36. The summed E-state index contributed by atoms with van der Waals surface area (Å²) in [5.74, 6) is 1.30. The number of nitrogens with zero attached hydrogens (tertiary/aromatic N) is 1. The van der Waals surface area contributed by atoms with Crippen molar-refractivity contribution in [2.75, 3.05) is 20.1 Å². The van der Waals surface area contributed by atoms with Gasteiger partial charge in [-0.3, -0.25) is 4.79 Å². The lowest BCUT2D eigenvalue weighted by molar-refractivity contribution is 0.0887. The molecule has 2 atom stereocenters. The number of carbonyl (C=O) groups excluding carboxylic acids is 1. The lowest BCUT2D eigenvalue weighted by Gasteiger charge is -2.40. The Morgan fingerprint density at radius 3 is 3.06 bits per heavy atom. The predicted octanol–water partition coefficient (Wildman–Crippen LogP) is 2.96. The van der Waals surface area contributed by atoms with Crippen LogP contribution in [0.2, 0.25) is 5.02 Å². The fourth-order valence-corrected chi connectivity index (χ4v) is 3.38. The summed E-state index contributed by atoms with van der Waals surface area (Å²) < 4.78 is 0. The van der Waals surface area contributed by atoms with Gasteiger partial charge in [-0.2, -0.15) is 0 Å². The number of fused-ring (bicyclic) bond motifs is 3. The van der Waals surface area contributed by atoms with Gasteiger partial charge in [-0.25, -0.2) is 0 Å². The topological polar surface area (TPSA) is 20.3 Å². The third kappa shape index (κ3) is 1.90. The van der Waals surface area contributed by atoms with Gasteiger partial charge in [-0.05, 0) is 49.7 Å². The number of halogens is 1. The Hall–Kier alpha value is -0.860. The van der Waals surface area contributed by atoms with Gasteiger partial charge < -0.3 is 4.90 Å². The highest BCUT2D eigenvalue weighted by atomic mass is 35.5. The molecule has 3 rings (SSSR count). The van der Waals surface area contributed by atoms with E-state index in [0.717, 1.165) is 30.1 Å². The van der Waals surface area contributed by atoms with E-state index in [1.807, 2.05) is 18.2 Å². The molecule has 1 saturated heterocycles. The fourth-order valence-electron chi connectivity index (χ4n) is 3.20. The normalized spacial score (nSPS) is 28.7. The maximum absolute atomic E-state index is 12.1. The van der Waals surface area contributed by atoms with Crippen LogP contribution >= 0.6 is 11.6 Å². The number of likely N-dealkylation sites (N-methyl/N-ethyl adjacent to an activating group) is 1. The Labute approximate surface area is 107 Å². The molecule has 17 heavy (non-hydrogen) atoms. The molecule has 0 saturated carbocycles. The molecule has 1 aromatic rings. The Bertz CT molecular complexity index is 471. The summed E-state index contributed by atoms with van der Waals surface area (Å²) in [4.78, 5) is 14.4. The highest BCUT2D eigenvalue weighted by Crippen LogP contribution is 2.41. The molecule has 1 aromatic carbocycles. The fraction of sp³-hybridized carbons (Fsp3) is 0.500. The van der Waals surface area contributed by atoms with Crippen LogP contribution in [0.25, 0.3) is 0 Å². The Kier molecular flexibility index (Phi) is 2.72. The molecule has 1 heterocycles. The molecule has 0 amide bonds. The van der Waals surface area contributed by atoms with E-state index < -0.39 is 0 Å². The smallest absolute Gasteiger partial charge is 0.163 e. The lowest BCUT2D eigenvalue weighted by Crippen LogP contribution is -2.40. The van der Waals surface area contributed by atoms with Crippen LogP contribution in [0.4, 0.5) is 0 Å². The van der Waals surface area contributed by atoms with E-state index in [4.69, 9.17) is 11.6 Å². The van der Waals surface area contributed by atoms with E-state index in [2.05, 4.69) is 11.9 Å². The molecule has 2 nitrogen and oxygen atoms in total. The number of piperidine rings is 1. The minimum Gasteiger partial charge on any atom is -0.306 e. The van der Waals surface area contributed by atoms with Crippen LogP contribution in [0.1, 0.15) is 34.7 Å². The monoisotopic (exact) mass is 249 g/mol. The van der Waals surface area contributed by atoms with Gasteiger partial charge >= 0.3 is 0 Å². The molecule has 3 heteroatoms. The van der Waals surface area contributed by atoms with Crippen molar-refractivity contribution in [3.05, 3.63) is 34.3 Å². The van der Waals surface area contributed by atoms with Crippen molar-refractivity contribution in [2.24, 2.45) is 5.92 Å².